The fourth-order valence-corrected chi connectivity index (χ4v) is 1.30. The third-order valence-electron chi connectivity index (χ3n) is 2.47. The van der Waals surface area contributed by atoms with Gasteiger partial charge in [0.2, 0.25) is 5.91 Å². The molecule has 0 saturated carbocycles. The van der Waals surface area contributed by atoms with Gasteiger partial charge in [-0.25, -0.2) is 0 Å². The van der Waals surface area contributed by atoms with E-state index in [2.05, 4.69) is 5.32 Å². The van der Waals surface area contributed by atoms with Crippen LogP contribution in [-0.4, -0.2) is 47.6 Å². The van der Waals surface area contributed by atoms with E-state index in [1.807, 2.05) is 20.8 Å². The molecule has 5 heteroatoms. The molecule has 0 heterocycles. The van der Waals surface area contributed by atoms with Gasteiger partial charge in [0.25, 0.3) is 0 Å². The third kappa shape index (κ3) is 6.40. The van der Waals surface area contributed by atoms with Crippen LogP contribution >= 0.6 is 0 Å². The fourth-order valence-electron chi connectivity index (χ4n) is 1.30. The predicted octanol–water partition coefficient (Wildman–Crippen LogP) is 0.698. The van der Waals surface area contributed by atoms with Crippen LogP contribution in [0.5, 0.6) is 0 Å². The lowest BCUT2D eigenvalue weighted by Gasteiger charge is -2.25. The standard InChI is InChI=1S/C11H22N2O3/c1-4-6-12-10(14)7-13(8-11(15)16)9(3)5-2/h9H,4-8H2,1-3H3,(H,12,14)(H,15,16). The monoisotopic (exact) mass is 230 g/mol. The first-order valence-corrected chi connectivity index (χ1v) is 5.73. The van der Waals surface area contributed by atoms with Crippen molar-refractivity contribution in [3.05, 3.63) is 0 Å². The van der Waals surface area contributed by atoms with Crippen LogP contribution < -0.4 is 5.32 Å². The molecular formula is C11H22N2O3. The lowest BCUT2D eigenvalue weighted by atomic mass is 10.2. The largest absolute Gasteiger partial charge is 0.480 e. The maximum Gasteiger partial charge on any atom is 0.317 e. The van der Waals surface area contributed by atoms with Crippen molar-refractivity contribution in [2.24, 2.45) is 0 Å². The van der Waals surface area contributed by atoms with Crippen molar-refractivity contribution in [3.63, 3.8) is 0 Å². The van der Waals surface area contributed by atoms with E-state index in [0.717, 1.165) is 12.8 Å². The predicted molar refractivity (Wildman–Crippen MR) is 62.3 cm³/mol. The molecule has 0 spiro atoms. The van der Waals surface area contributed by atoms with Crippen LogP contribution in [0.3, 0.4) is 0 Å². The van der Waals surface area contributed by atoms with Gasteiger partial charge in [0.1, 0.15) is 0 Å². The van der Waals surface area contributed by atoms with Crippen molar-refractivity contribution < 1.29 is 14.7 Å². The molecule has 2 N–H and O–H groups in total. The van der Waals surface area contributed by atoms with Gasteiger partial charge in [0, 0.05) is 12.6 Å². The summed E-state index contributed by atoms with van der Waals surface area (Å²) in [5.74, 6) is -1.01. The Balaban J connectivity index is 4.19. The molecule has 0 radical (unpaired) electrons. The summed E-state index contributed by atoms with van der Waals surface area (Å²) in [6, 6.07) is 0.100. The quantitative estimate of drug-likeness (QED) is 0.644. The van der Waals surface area contributed by atoms with Gasteiger partial charge >= 0.3 is 5.97 Å². The van der Waals surface area contributed by atoms with Crippen LogP contribution in [0.15, 0.2) is 0 Å². The molecule has 0 aliphatic carbocycles. The second-order valence-corrected chi connectivity index (χ2v) is 3.91. The Morgan fingerprint density at radius 2 is 1.94 bits per heavy atom. The summed E-state index contributed by atoms with van der Waals surface area (Å²) in [4.78, 5) is 23.8. The van der Waals surface area contributed by atoms with Crippen molar-refractivity contribution in [3.8, 4) is 0 Å². The molecule has 0 aliphatic heterocycles. The van der Waals surface area contributed by atoms with Crippen molar-refractivity contribution in [1.82, 2.24) is 10.2 Å². The van der Waals surface area contributed by atoms with E-state index < -0.39 is 5.97 Å². The summed E-state index contributed by atoms with van der Waals surface area (Å²) in [7, 11) is 0. The number of nitrogens with one attached hydrogen (secondary N) is 1. The Labute approximate surface area is 96.8 Å². The topological polar surface area (TPSA) is 69.6 Å². The van der Waals surface area contributed by atoms with E-state index in [1.165, 1.54) is 0 Å². The summed E-state index contributed by atoms with van der Waals surface area (Å²) in [5.41, 5.74) is 0. The number of carbonyl (C=O) groups excluding carboxylic acids is 1. The Bertz CT molecular complexity index is 231. The molecule has 16 heavy (non-hydrogen) atoms. The normalized spacial score (nSPS) is 12.5. The summed E-state index contributed by atoms with van der Waals surface area (Å²) in [6.45, 7) is 6.58. The smallest absolute Gasteiger partial charge is 0.317 e. The molecule has 0 rings (SSSR count). The number of hydrogen-bond acceptors (Lipinski definition) is 3. The first-order valence-electron chi connectivity index (χ1n) is 5.73. The molecule has 1 amide bonds. The van der Waals surface area contributed by atoms with Gasteiger partial charge in [-0.15, -0.1) is 0 Å². The number of hydrogen-bond donors (Lipinski definition) is 2. The molecule has 0 fully saturated rings. The van der Waals surface area contributed by atoms with Gasteiger partial charge in [0.15, 0.2) is 0 Å². The zero-order chi connectivity index (χ0) is 12.6. The molecule has 5 nitrogen and oxygen atoms in total. The minimum atomic E-state index is -0.899. The highest BCUT2D eigenvalue weighted by atomic mass is 16.4. The average Bonchev–Trinajstić information content (AvgIpc) is 2.23. The molecule has 0 aromatic carbocycles. The summed E-state index contributed by atoms with van der Waals surface area (Å²) in [5, 5.41) is 11.5. The average molecular weight is 230 g/mol. The number of carboxylic acid groups (broad SMARTS) is 1. The number of aliphatic carboxylic acids is 1. The highest BCUT2D eigenvalue weighted by Crippen LogP contribution is 2.02. The molecule has 0 aromatic rings. The lowest BCUT2D eigenvalue weighted by Crippen LogP contribution is -2.44. The van der Waals surface area contributed by atoms with Crippen molar-refractivity contribution in [1.29, 1.82) is 0 Å². The van der Waals surface area contributed by atoms with Gasteiger partial charge < -0.3 is 10.4 Å². The number of nitrogens with zero attached hydrogens (tertiary/aromatic N) is 1. The zero-order valence-corrected chi connectivity index (χ0v) is 10.3. The molecule has 0 aromatic heterocycles. The molecule has 94 valence electrons. The Morgan fingerprint density at radius 3 is 2.38 bits per heavy atom. The second-order valence-electron chi connectivity index (χ2n) is 3.91. The SMILES string of the molecule is CCCNC(=O)CN(CC(=O)O)C(C)CC. The summed E-state index contributed by atoms with van der Waals surface area (Å²) in [6.07, 6.45) is 1.71. The Kier molecular flexibility index (Phi) is 7.54. The van der Waals surface area contributed by atoms with E-state index >= 15 is 0 Å². The number of carboxylic acids is 1. The molecule has 1 unspecified atom stereocenters. The number of rotatable bonds is 8. The minimum absolute atomic E-state index is 0.0887. The Hall–Kier alpha value is -1.10. The van der Waals surface area contributed by atoms with Gasteiger partial charge in [-0.2, -0.15) is 0 Å². The van der Waals surface area contributed by atoms with Crippen molar-refractivity contribution in [2.75, 3.05) is 19.6 Å². The van der Waals surface area contributed by atoms with Gasteiger partial charge in [0.05, 0.1) is 13.1 Å². The second kappa shape index (κ2) is 8.10. The van der Waals surface area contributed by atoms with E-state index in [1.54, 1.807) is 4.90 Å². The number of amides is 1. The fraction of sp³-hybridized carbons (Fsp3) is 0.818. The maximum absolute atomic E-state index is 11.5. The summed E-state index contributed by atoms with van der Waals surface area (Å²) >= 11 is 0. The number of carbonyl (C=O) groups is 2. The van der Waals surface area contributed by atoms with Gasteiger partial charge in [-0.1, -0.05) is 13.8 Å². The van der Waals surface area contributed by atoms with Crippen LogP contribution in [0, 0.1) is 0 Å². The van der Waals surface area contributed by atoms with Crippen LogP contribution in [0.1, 0.15) is 33.6 Å². The minimum Gasteiger partial charge on any atom is -0.480 e. The molecule has 1 atom stereocenters. The molecule has 0 bridgehead atoms. The van der Waals surface area contributed by atoms with E-state index in [-0.39, 0.29) is 25.0 Å². The molecule has 0 saturated heterocycles. The van der Waals surface area contributed by atoms with Crippen LogP contribution in [0.4, 0.5) is 0 Å². The van der Waals surface area contributed by atoms with Crippen LogP contribution in [0.2, 0.25) is 0 Å². The highest BCUT2D eigenvalue weighted by Gasteiger charge is 2.18. The highest BCUT2D eigenvalue weighted by molar-refractivity contribution is 5.79. The van der Waals surface area contributed by atoms with Crippen LogP contribution in [0.25, 0.3) is 0 Å². The van der Waals surface area contributed by atoms with Crippen LogP contribution in [-0.2, 0) is 9.59 Å². The summed E-state index contributed by atoms with van der Waals surface area (Å²) < 4.78 is 0. The molecule has 0 aliphatic rings. The van der Waals surface area contributed by atoms with E-state index in [9.17, 15) is 9.59 Å². The zero-order valence-electron chi connectivity index (χ0n) is 10.3. The van der Waals surface area contributed by atoms with Gasteiger partial charge in [-0.05, 0) is 19.8 Å². The van der Waals surface area contributed by atoms with E-state index in [0.29, 0.717) is 6.54 Å². The van der Waals surface area contributed by atoms with E-state index in [4.69, 9.17) is 5.11 Å². The Morgan fingerprint density at radius 1 is 1.31 bits per heavy atom. The van der Waals surface area contributed by atoms with Crippen molar-refractivity contribution in [2.45, 2.75) is 39.7 Å². The first-order chi connectivity index (χ1) is 7.51. The van der Waals surface area contributed by atoms with Gasteiger partial charge in [-0.3, -0.25) is 14.5 Å². The lowest BCUT2D eigenvalue weighted by molar-refractivity contribution is -0.139. The first kappa shape index (κ1) is 14.9. The maximum atomic E-state index is 11.5. The third-order valence-corrected chi connectivity index (χ3v) is 2.47. The molecular weight excluding hydrogens is 208 g/mol. The van der Waals surface area contributed by atoms with Crippen molar-refractivity contribution >= 4 is 11.9 Å².